The largest absolute Gasteiger partial charge is 0.397 e. The monoisotopic (exact) mass is 276 g/mol. The molecular formula is C6H12O8S2. The van der Waals surface area contributed by atoms with Crippen molar-refractivity contribution in [2.24, 2.45) is 0 Å². The molecule has 1 fully saturated rings. The van der Waals surface area contributed by atoms with E-state index in [1.54, 1.807) is 0 Å². The van der Waals surface area contributed by atoms with Crippen molar-refractivity contribution in [1.82, 2.24) is 0 Å². The summed E-state index contributed by atoms with van der Waals surface area (Å²) in [5, 5.41) is 0. The Morgan fingerprint density at radius 3 is 1.38 bits per heavy atom. The van der Waals surface area contributed by atoms with Gasteiger partial charge in [0.1, 0.15) is 12.2 Å². The quantitative estimate of drug-likeness (QED) is 0.683. The van der Waals surface area contributed by atoms with Crippen molar-refractivity contribution < 1.29 is 34.3 Å². The third-order valence-electron chi connectivity index (χ3n) is 2.13. The van der Waals surface area contributed by atoms with Gasteiger partial charge < -0.3 is 0 Å². The average molecular weight is 276 g/mol. The highest BCUT2D eigenvalue weighted by Crippen LogP contribution is 2.25. The Bertz CT molecular complexity index is 381. The maximum absolute atomic E-state index is 10.5. The molecule has 0 bridgehead atoms. The van der Waals surface area contributed by atoms with Crippen LogP contribution in [0.4, 0.5) is 0 Å². The minimum atomic E-state index is -4.67. The van der Waals surface area contributed by atoms with Crippen LogP contribution >= 0.6 is 0 Å². The van der Waals surface area contributed by atoms with E-state index in [2.05, 4.69) is 8.37 Å². The molecule has 16 heavy (non-hydrogen) atoms. The normalized spacial score (nSPS) is 27.9. The van der Waals surface area contributed by atoms with Crippen molar-refractivity contribution in [3.05, 3.63) is 0 Å². The van der Waals surface area contributed by atoms with Gasteiger partial charge >= 0.3 is 20.8 Å². The summed E-state index contributed by atoms with van der Waals surface area (Å²) in [4.78, 5) is 0. The maximum atomic E-state index is 10.5. The zero-order chi connectivity index (χ0) is 12.4. The Balaban J connectivity index is 2.72. The third-order valence-corrected chi connectivity index (χ3v) is 3.11. The molecule has 1 aliphatic rings. The lowest BCUT2D eigenvalue weighted by molar-refractivity contribution is 0.0175. The molecule has 1 saturated carbocycles. The number of rotatable bonds is 4. The van der Waals surface area contributed by atoms with E-state index in [1.807, 2.05) is 0 Å². The number of hydrogen-bond donors (Lipinski definition) is 2. The van der Waals surface area contributed by atoms with E-state index in [4.69, 9.17) is 9.11 Å². The highest BCUT2D eigenvalue weighted by Gasteiger charge is 2.33. The molecule has 0 saturated heterocycles. The van der Waals surface area contributed by atoms with Gasteiger partial charge in [0.25, 0.3) is 0 Å². The van der Waals surface area contributed by atoms with Gasteiger partial charge in [-0.2, -0.15) is 16.8 Å². The lowest BCUT2D eigenvalue weighted by Crippen LogP contribution is -2.37. The van der Waals surface area contributed by atoms with Gasteiger partial charge in [-0.25, -0.2) is 8.37 Å². The van der Waals surface area contributed by atoms with Gasteiger partial charge in [-0.3, -0.25) is 9.11 Å². The summed E-state index contributed by atoms with van der Waals surface area (Å²) in [7, 11) is -9.34. The molecule has 2 N–H and O–H groups in total. The molecule has 0 aliphatic heterocycles. The Labute approximate surface area is 93.5 Å². The highest BCUT2D eigenvalue weighted by atomic mass is 32.3. The van der Waals surface area contributed by atoms with E-state index in [-0.39, 0.29) is 12.8 Å². The predicted octanol–water partition coefficient (Wildman–Crippen LogP) is -0.0636. The summed E-state index contributed by atoms with van der Waals surface area (Å²) in [6, 6.07) is 0. The smallest absolute Gasteiger partial charge is 0.264 e. The fourth-order valence-electron chi connectivity index (χ4n) is 1.60. The number of hydrogen-bond acceptors (Lipinski definition) is 6. The zero-order valence-corrected chi connectivity index (χ0v) is 9.78. The van der Waals surface area contributed by atoms with E-state index >= 15 is 0 Å². The lowest BCUT2D eigenvalue weighted by Gasteiger charge is -2.28. The van der Waals surface area contributed by atoms with Crippen LogP contribution in [0.5, 0.6) is 0 Å². The van der Waals surface area contributed by atoms with E-state index in [0.717, 1.165) is 0 Å². The predicted molar refractivity (Wildman–Crippen MR) is 51.3 cm³/mol. The van der Waals surface area contributed by atoms with Gasteiger partial charge in [0.05, 0.1) is 0 Å². The first-order valence-electron chi connectivity index (χ1n) is 4.49. The first-order valence-corrected chi connectivity index (χ1v) is 7.22. The molecule has 0 radical (unpaired) electrons. The fourth-order valence-corrected chi connectivity index (χ4v) is 2.66. The SMILES string of the molecule is O=S(=O)(O)O[C@H]1CCCC[C@H]1OS(=O)(=O)O. The van der Waals surface area contributed by atoms with Gasteiger partial charge in [-0.1, -0.05) is 12.8 Å². The van der Waals surface area contributed by atoms with Crippen LogP contribution in [0.3, 0.4) is 0 Å². The van der Waals surface area contributed by atoms with Gasteiger partial charge in [0.2, 0.25) is 0 Å². The van der Waals surface area contributed by atoms with Gasteiger partial charge in [-0.15, -0.1) is 0 Å². The molecule has 0 aromatic carbocycles. The second kappa shape index (κ2) is 4.94. The summed E-state index contributed by atoms with van der Waals surface area (Å²) in [6.45, 7) is 0. The van der Waals surface area contributed by atoms with E-state index in [9.17, 15) is 16.8 Å². The summed E-state index contributed by atoms with van der Waals surface area (Å²) >= 11 is 0. The molecular weight excluding hydrogens is 264 g/mol. The Hall–Kier alpha value is -0.260. The molecule has 0 amide bonds. The summed E-state index contributed by atoms with van der Waals surface area (Å²) in [5.41, 5.74) is 0. The second-order valence-corrected chi connectivity index (χ2v) is 5.51. The molecule has 10 heteroatoms. The van der Waals surface area contributed by atoms with Crippen LogP contribution < -0.4 is 0 Å². The van der Waals surface area contributed by atoms with Crippen molar-refractivity contribution in [1.29, 1.82) is 0 Å². The van der Waals surface area contributed by atoms with Crippen molar-refractivity contribution in [3.63, 3.8) is 0 Å². The molecule has 1 aliphatic carbocycles. The molecule has 1 rings (SSSR count). The standard InChI is InChI=1S/C6H12O8S2/c7-15(8,9)13-5-3-1-2-4-6(5)14-16(10,11)12/h5-6H,1-4H2,(H,7,8,9)(H,10,11,12)/t5-,6+. The van der Waals surface area contributed by atoms with Crippen molar-refractivity contribution in [3.8, 4) is 0 Å². The lowest BCUT2D eigenvalue weighted by atomic mass is 9.95. The van der Waals surface area contributed by atoms with Crippen molar-refractivity contribution >= 4 is 20.8 Å². The minimum absolute atomic E-state index is 0.222. The highest BCUT2D eigenvalue weighted by molar-refractivity contribution is 7.81. The second-order valence-electron chi connectivity index (χ2n) is 3.41. The molecule has 0 unspecified atom stereocenters. The molecule has 0 aromatic heterocycles. The molecule has 2 atom stereocenters. The van der Waals surface area contributed by atoms with Gasteiger partial charge in [-0.05, 0) is 12.8 Å². The van der Waals surface area contributed by atoms with Crippen LogP contribution in [-0.2, 0) is 29.2 Å². The van der Waals surface area contributed by atoms with Crippen LogP contribution in [0.1, 0.15) is 25.7 Å². The van der Waals surface area contributed by atoms with Crippen LogP contribution in [-0.4, -0.2) is 38.1 Å². The van der Waals surface area contributed by atoms with Crippen LogP contribution in [0.15, 0.2) is 0 Å². The zero-order valence-electron chi connectivity index (χ0n) is 8.14. The van der Waals surface area contributed by atoms with Crippen molar-refractivity contribution in [2.45, 2.75) is 37.9 Å². The Kier molecular flexibility index (Phi) is 4.26. The van der Waals surface area contributed by atoms with Crippen LogP contribution in [0, 0.1) is 0 Å². The fraction of sp³-hybridized carbons (Fsp3) is 1.00. The molecule has 8 nitrogen and oxygen atoms in total. The minimum Gasteiger partial charge on any atom is -0.264 e. The summed E-state index contributed by atoms with van der Waals surface area (Å²) in [5.74, 6) is 0. The third kappa shape index (κ3) is 5.18. The van der Waals surface area contributed by atoms with E-state index < -0.39 is 33.0 Å². The molecule has 0 spiro atoms. The topological polar surface area (TPSA) is 127 Å². The summed E-state index contributed by atoms with van der Waals surface area (Å²) < 4.78 is 67.4. The molecule has 96 valence electrons. The van der Waals surface area contributed by atoms with Crippen LogP contribution in [0.2, 0.25) is 0 Å². The Morgan fingerprint density at radius 2 is 1.12 bits per heavy atom. The maximum Gasteiger partial charge on any atom is 0.397 e. The van der Waals surface area contributed by atoms with Gasteiger partial charge in [0, 0.05) is 0 Å². The van der Waals surface area contributed by atoms with E-state index in [1.165, 1.54) is 0 Å². The molecule has 0 heterocycles. The molecule has 0 aromatic rings. The van der Waals surface area contributed by atoms with Crippen LogP contribution in [0.25, 0.3) is 0 Å². The average Bonchev–Trinajstić information content (AvgIpc) is 2.03. The first kappa shape index (κ1) is 13.8. The van der Waals surface area contributed by atoms with Crippen molar-refractivity contribution in [2.75, 3.05) is 0 Å². The summed E-state index contributed by atoms with van der Waals surface area (Å²) in [6.07, 6.45) is -0.534. The Morgan fingerprint density at radius 1 is 0.812 bits per heavy atom. The van der Waals surface area contributed by atoms with E-state index in [0.29, 0.717) is 12.8 Å². The first-order chi connectivity index (χ1) is 7.17. The van der Waals surface area contributed by atoms with Gasteiger partial charge in [0.15, 0.2) is 0 Å².